The van der Waals surface area contributed by atoms with Gasteiger partial charge in [-0.3, -0.25) is 4.90 Å². The molecule has 0 saturated carbocycles. The van der Waals surface area contributed by atoms with Gasteiger partial charge in [0.25, 0.3) is 0 Å². The molecular formula is C22H32N4O2. The molecular weight excluding hydrogens is 352 g/mol. The summed E-state index contributed by atoms with van der Waals surface area (Å²) < 4.78 is 7.34. The molecule has 2 aromatic rings. The Morgan fingerprint density at radius 1 is 1.29 bits per heavy atom. The summed E-state index contributed by atoms with van der Waals surface area (Å²) in [6, 6.07) is 10.5. The maximum atomic E-state index is 12.2. The first kappa shape index (κ1) is 20.4. The van der Waals surface area contributed by atoms with E-state index in [4.69, 9.17) is 4.74 Å². The predicted molar refractivity (Wildman–Crippen MR) is 110 cm³/mol. The fraction of sp³-hybridized carbons (Fsp3) is 0.545. The number of benzene rings is 1. The summed E-state index contributed by atoms with van der Waals surface area (Å²) in [7, 11) is 1.83. The number of ether oxygens (including phenoxy) is 1. The summed E-state index contributed by atoms with van der Waals surface area (Å²) in [5.41, 5.74) is 1.92. The molecule has 1 atom stereocenters. The number of rotatable bonds is 5. The van der Waals surface area contributed by atoms with Gasteiger partial charge in [0.1, 0.15) is 5.60 Å². The van der Waals surface area contributed by atoms with E-state index in [0.717, 1.165) is 44.7 Å². The highest BCUT2D eigenvalue weighted by Gasteiger charge is 2.25. The van der Waals surface area contributed by atoms with Gasteiger partial charge in [0.05, 0.1) is 5.69 Å². The molecule has 3 rings (SSSR count). The van der Waals surface area contributed by atoms with Gasteiger partial charge in [-0.15, -0.1) is 0 Å². The summed E-state index contributed by atoms with van der Waals surface area (Å²) >= 11 is 0. The van der Waals surface area contributed by atoms with Crippen LogP contribution in [0.15, 0.2) is 42.7 Å². The molecule has 1 aromatic carbocycles. The Balaban J connectivity index is 1.51. The first-order valence-corrected chi connectivity index (χ1v) is 10.1. The Labute approximate surface area is 168 Å². The van der Waals surface area contributed by atoms with Crippen LogP contribution in [0.5, 0.6) is 0 Å². The van der Waals surface area contributed by atoms with Gasteiger partial charge in [-0.1, -0.05) is 12.1 Å². The van der Waals surface area contributed by atoms with Crippen molar-refractivity contribution < 1.29 is 9.53 Å². The third kappa shape index (κ3) is 5.83. The number of carbonyl (C=O) groups excluding carboxylic acids is 1. The first-order valence-electron chi connectivity index (χ1n) is 10.1. The van der Waals surface area contributed by atoms with Gasteiger partial charge in [-0.25, -0.2) is 9.48 Å². The van der Waals surface area contributed by atoms with Gasteiger partial charge in [0, 0.05) is 39.1 Å². The van der Waals surface area contributed by atoms with Crippen LogP contribution in [-0.4, -0.2) is 58.0 Å². The Kier molecular flexibility index (Phi) is 6.39. The highest BCUT2D eigenvalue weighted by molar-refractivity contribution is 5.67. The van der Waals surface area contributed by atoms with E-state index in [0.29, 0.717) is 5.92 Å². The van der Waals surface area contributed by atoms with Crippen molar-refractivity contribution >= 4 is 6.09 Å². The molecule has 6 nitrogen and oxygen atoms in total. The molecule has 1 aromatic heterocycles. The lowest BCUT2D eigenvalue weighted by Crippen LogP contribution is -2.42. The summed E-state index contributed by atoms with van der Waals surface area (Å²) in [6.07, 6.45) is 5.82. The van der Waals surface area contributed by atoms with Crippen LogP contribution >= 0.6 is 0 Å². The lowest BCUT2D eigenvalue weighted by molar-refractivity contribution is 0.0241. The number of aromatic nitrogens is 2. The standard InChI is InChI=1S/C22H32N4O2/c1-22(2,3)28-21(27)24(4)15-19-7-5-13-25(17-19)16-18-8-10-20(11-9-18)26-14-6-12-23-26/h6,8-12,14,19H,5,7,13,15-17H2,1-4H3. The Hall–Kier alpha value is -2.34. The predicted octanol–water partition coefficient (Wildman–Crippen LogP) is 3.95. The van der Waals surface area contributed by atoms with Crippen LogP contribution in [0.3, 0.4) is 0 Å². The highest BCUT2D eigenvalue weighted by atomic mass is 16.6. The number of nitrogens with zero attached hydrogens (tertiary/aromatic N) is 4. The van der Waals surface area contributed by atoms with E-state index < -0.39 is 5.60 Å². The van der Waals surface area contributed by atoms with Gasteiger partial charge in [0.2, 0.25) is 0 Å². The topological polar surface area (TPSA) is 50.6 Å². The lowest BCUT2D eigenvalue weighted by Gasteiger charge is -2.35. The molecule has 0 bridgehead atoms. The highest BCUT2D eigenvalue weighted by Crippen LogP contribution is 2.21. The minimum Gasteiger partial charge on any atom is -0.444 e. The first-order chi connectivity index (χ1) is 13.3. The van der Waals surface area contributed by atoms with Gasteiger partial charge in [-0.05, 0) is 69.8 Å². The van der Waals surface area contributed by atoms with Crippen LogP contribution in [-0.2, 0) is 11.3 Å². The molecule has 0 aliphatic carbocycles. The fourth-order valence-electron chi connectivity index (χ4n) is 3.68. The second-order valence-corrected chi connectivity index (χ2v) is 8.72. The van der Waals surface area contributed by atoms with E-state index in [1.165, 1.54) is 5.56 Å². The maximum Gasteiger partial charge on any atom is 0.410 e. The number of hydrogen-bond acceptors (Lipinski definition) is 4. The SMILES string of the molecule is CN(CC1CCCN(Cc2ccc(-n3cccn3)cc2)C1)C(=O)OC(C)(C)C. The molecule has 1 aliphatic rings. The van der Waals surface area contributed by atoms with E-state index in [2.05, 4.69) is 34.3 Å². The normalized spacial score (nSPS) is 18.1. The molecule has 1 amide bonds. The van der Waals surface area contributed by atoms with Gasteiger partial charge < -0.3 is 9.64 Å². The van der Waals surface area contributed by atoms with Crippen LogP contribution in [0.2, 0.25) is 0 Å². The molecule has 1 fully saturated rings. The maximum absolute atomic E-state index is 12.2. The van der Waals surface area contributed by atoms with E-state index in [1.807, 2.05) is 44.8 Å². The molecule has 2 heterocycles. The average Bonchev–Trinajstić information content (AvgIpc) is 3.16. The van der Waals surface area contributed by atoms with Crippen molar-refractivity contribution in [3.63, 3.8) is 0 Å². The average molecular weight is 385 g/mol. The van der Waals surface area contributed by atoms with E-state index >= 15 is 0 Å². The lowest BCUT2D eigenvalue weighted by atomic mass is 9.97. The van der Waals surface area contributed by atoms with Crippen LogP contribution in [0.4, 0.5) is 4.79 Å². The van der Waals surface area contributed by atoms with Crippen molar-refractivity contribution in [3.8, 4) is 5.69 Å². The van der Waals surface area contributed by atoms with Crippen molar-refractivity contribution in [3.05, 3.63) is 48.3 Å². The number of carbonyl (C=O) groups is 1. The molecule has 6 heteroatoms. The largest absolute Gasteiger partial charge is 0.444 e. The Morgan fingerprint density at radius 2 is 2.04 bits per heavy atom. The van der Waals surface area contributed by atoms with Crippen molar-refractivity contribution in [1.82, 2.24) is 19.6 Å². The molecule has 1 unspecified atom stereocenters. The third-order valence-corrected chi connectivity index (χ3v) is 4.95. The zero-order valence-corrected chi connectivity index (χ0v) is 17.5. The fourth-order valence-corrected chi connectivity index (χ4v) is 3.68. The van der Waals surface area contributed by atoms with Gasteiger partial charge in [0.15, 0.2) is 0 Å². The summed E-state index contributed by atoms with van der Waals surface area (Å²) in [4.78, 5) is 16.4. The molecule has 1 saturated heterocycles. The minimum absolute atomic E-state index is 0.237. The zero-order valence-electron chi connectivity index (χ0n) is 17.5. The smallest absolute Gasteiger partial charge is 0.410 e. The van der Waals surface area contributed by atoms with E-state index in [-0.39, 0.29) is 6.09 Å². The van der Waals surface area contributed by atoms with Gasteiger partial charge in [-0.2, -0.15) is 5.10 Å². The van der Waals surface area contributed by atoms with Crippen LogP contribution in [0, 0.1) is 5.92 Å². The van der Waals surface area contributed by atoms with Crippen molar-refractivity contribution in [2.75, 3.05) is 26.7 Å². The second kappa shape index (κ2) is 8.78. The van der Waals surface area contributed by atoms with Crippen LogP contribution in [0.1, 0.15) is 39.2 Å². The number of likely N-dealkylation sites (tertiary alicyclic amines) is 1. The quantitative estimate of drug-likeness (QED) is 0.783. The molecule has 152 valence electrons. The van der Waals surface area contributed by atoms with Crippen LogP contribution in [0.25, 0.3) is 5.69 Å². The second-order valence-electron chi connectivity index (χ2n) is 8.72. The third-order valence-electron chi connectivity index (χ3n) is 4.95. The van der Waals surface area contributed by atoms with Crippen LogP contribution < -0.4 is 0 Å². The molecule has 0 spiro atoms. The molecule has 1 aliphatic heterocycles. The number of piperidine rings is 1. The van der Waals surface area contributed by atoms with Crippen molar-refractivity contribution in [2.45, 2.75) is 45.8 Å². The minimum atomic E-state index is -0.452. The molecule has 0 N–H and O–H groups in total. The number of hydrogen-bond donors (Lipinski definition) is 0. The summed E-state index contributed by atoms with van der Waals surface area (Å²) in [5, 5.41) is 4.27. The van der Waals surface area contributed by atoms with E-state index in [9.17, 15) is 4.79 Å². The molecule has 28 heavy (non-hydrogen) atoms. The Bertz CT molecular complexity index is 750. The summed E-state index contributed by atoms with van der Waals surface area (Å²) in [5.74, 6) is 0.481. The Morgan fingerprint density at radius 3 is 2.68 bits per heavy atom. The monoisotopic (exact) mass is 384 g/mol. The number of amides is 1. The molecule has 0 radical (unpaired) electrons. The summed E-state index contributed by atoms with van der Waals surface area (Å²) in [6.45, 7) is 9.49. The van der Waals surface area contributed by atoms with Gasteiger partial charge >= 0.3 is 6.09 Å². The van der Waals surface area contributed by atoms with E-state index in [1.54, 1.807) is 11.1 Å². The zero-order chi connectivity index (χ0) is 20.1. The van der Waals surface area contributed by atoms with Crippen molar-refractivity contribution in [2.24, 2.45) is 5.92 Å². The van der Waals surface area contributed by atoms with Crippen molar-refractivity contribution in [1.29, 1.82) is 0 Å².